The van der Waals surface area contributed by atoms with E-state index < -0.39 is 0 Å². The lowest BCUT2D eigenvalue weighted by Gasteiger charge is -2.26. The van der Waals surface area contributed by atoms with Crippen LogP contribution in [0.4, 0.5) is 34.1 Å². The van der Waals surface area contributed by atoms with Crippen LogP contribution in [0.25, 0.3) is 44.1 Å². The van der Waals surface area contributed by atoms with E-state index >= 15 is 0 Å². The van der Waals surface area contributed by atoms with Crippen molar-refractivity contribution < 1.29 is 0 Å². The van der Waals surface area contributed by atoms with E-state index in [1.54, 1.807) is 12.4 Å². The molecule has 0 aliphatic heterocycles. The van der Waals surface area contributed by atoms with Crippen molar-refractivity contribution in [2.24, 2.45) is 0 Å². The molecule has 0 saturated carbocycles. The van der Waals surface area contributed by atoms with Crippen molar-refractivity contribution in [2.45, 2.75) is 0 Å². The van der Waals surface area contributed by atoms with Crippen LogP contribution in [0.2, 0.25) is 0 Å². The molecule has 4 nitrogen and oxygen atoms in total. The van der Waals surface area contributed by atoms with E-state index in [0.29, 0.717) is 0 Å². The van der Waals surface area contributed by atoms with Gasteiger partial charge in [0.1, 0.15) is 0 Å². The SMILES string of the molecule is c1ccc(N(c2ccc(-c3nccnc3-c3ccc(N(c4ccccc4)c4ccc5ccccc5c4)cc3)cc2)c2ccc3ccccc3c2)cc1. The summed E-state index contributed by atoms with van der Waals surface area (Å²) < 4.78 is 0. The van der Waals surface area contributed by atoms with Gasteiger partial charge in [0.25, 0.3) is 0 Å². The summed E-state index contributed by atoms with van der Waals surface area (Å²) in [4.78, 5) is 14.3. The van der Waals surface area contributed by atoms with Crippen LogP contribution in [-0.2, 0) is 0 Å². The van der Waals surface area contributed by atoms with Gasteiger partial charge in [0.2, 0.25) is 0 Å². The highest BCUT2D eigenvalue weighted by atomic mass is 15.1. The second-order valence-electron chi connectivity index (χ2n) is 12.8. The Morgan fingerprint density at radius 2 is 0.596 bits per heavy atom. The predicted molar refractivity (Wildman–Crippen MR) is 217 cm³/mol. The Morgan fingerprint density at radius 3 is 1.00 bits per heavy atom. The fourth-order valence-electron chi connectivity index (χ4n) is 6.98. The summed E-state index contributed by atoms with van der Waals surface area (Å²) in [7, 11) is 0. The first-order valence-corrected chi connectivity index (χ1v) is 17.5. The summed E-state index contributed by atoms with van der Waals surface area (Å²) in [5, 5.41) is 4.85. The molecule has 0 bridgehead atoms. The van der Waals surface area contributed by atoms with Crippen molar-refractivity contribution in [1.82, 2.24) is 9.97 Å². The maximum Gasteiger partial charge on any atom is 0.0965 e. The third-order valence-corrected chi connectivity index (χ3v) is 9.51. The van der Waals surface area contributed by atoms with Crippen LogP contribution >= 0.6 is 0 Å². The summed E-state index contributed by atoms with van der Waals surface area (Å²) in [5.41, 5.74) is 10.2. The van der Waals surface area contributed by atoms with Crippen LogP contribution in [0.5, 0.6) is 0 Å². The van der Waals surface area contributed by atoms with Gasteiger partial charge in [0, 0.05) is 57.6 Å². The summed E-state index contributed by atoms with van der Waals surface area (Å²) >= 11 is 0. The van der Waals surface area contributed by atoms with Crippen molar-refractivity contribution >= 4 is 55.7 Å². The molecule has 0 aliphatic rings. The van der Waals surface area contributed by atoms with E-state index in [-0.39, 0.29) is 0 Å². The number of nitrogens with zero attached hydrogens (tertiary/aromatic N) is 4. The first kappa shape index (κ1) is 31.0. The molecule has 0 amide bonds. The molecule has 8 aromatic carbocycles. The molecular weight excluding hydrogens is 633 g/mol. The van der Waals surface area contributed by atoms with Gasteiger partial charge < -0.3 is 9.80 Å². The maximum atomic E-state index is 4.85. The number of benzene rings is 8. The van der Waals surface area contributed by atoms with Gasteiger partial charge in [-0.25, -0.2) is 0 Å². The Bertz CT molecular complexity index is 2430. The first-order valence-electron chi connectivity index (χ1n) is 17.5. The molecule has 246 valence electrons. The van der Waals surface area contributed by atoms with Gasteiger partial charge in [-0.2, -0.15) is 0 Å². The highest BCUT2D eigenvalue weighted by molar-refractivity contribution is 5.91. The molecule has 9 rings (SSSR count). The number of anilines is 6. The van der Waals surface area contributed by atoms with E-state index in [1.807, 2.05) is 0 Å². The average Bonchev–Trinajstić information content (AvgIpc) is 3.22. The molecule has 0 fully saturated rings. The van der Waals surface area contributed by atoms with Crippen molar-refractivity contribution in [3.63, 3.8) is 0 Å². The quantitative estimate of drug-likeness (QED) is 0.162. The molecule has 0 N–H and O–H groups in total. The minimum Gasteiger partial charge on any atom is -0.310 e. The van der Waals surface area contributed by atoms with Gasteiger partial charge in [0.05, 0.1) is 11.4 Å². The molecule has 9 aromatic rings. The molecule has 0 saturated heterocycles. The number of aromatic nitrogens is 2. The summed E-state index contributed by atoms with van der Waals surface area (Å²) in [5.74, 6) is 0. The largest absolute Gasteiger partial charge is 0.310 e. The maximum absolute atomic E-state index is 4.85. The van der Waals surface area contributed by atoms with Gasteiger partial charge in [-0.3, -0.25) is 9.97 Å². The van der Waals surface area contributed by atoms with E-state index in [1.165, 1.54) is 21.5 Å². The molecule has 0 unspecified atom stereocenters. The zero-order valence-electron chi connectivity index (χ0n) is 28.4. The summed E-state index contributed by atoms with van der Waals surface area (Å²) in [6.45, 7) is 0. The predicted octanol–water partition coefficient (Wildman–Crippen LogP) is 13.1. The van der Waals surface area contributed by atoms with Crippen molar-refractivity contribution in [1.29, 1.82) is 0 Å². The van der Waals surface area contributed by atoms with Crippen LogP contribution in [0, 0.1) is 0 Å². The highest BCUT2D eigenvalue weighted by Gasteiger charge is 2.17. The molecule has 52 heavy (non-hydrogen) atoms. The Kier molecular flexibility index (Phi) is 8.16. The smallest absolute Gasteiger partial charge is 0.0965 e. The Balaban J connectivity index is 1.06. The number of rotatable bonds is 8. The fraction of sp³-hybridized carbons (Fsp3) is 0. The summed E-state index contributed by atoms with van der Waals surface area (Å²) in [6, 6.07) is 68.5. The van der Waals surface area contributed by atoms with E-state index in [0.717, 1.165) is 56.6 Å². The van der Waals surface area contributed by atoms with Gasteiger partial charge in [-0.1, -0.05) is 121 Å². The molecule has 0 aliphatic carbocycles. The van der Waals surface area contributed by atoms with Gasteiger partial charge in [-0.05, 0) is 94.3 Å². The minimum atomic E-state index is 0.841. The van der Waals surface area contributed by atoms with Crippen molar-refractivity contribution in [2.75, 3.05) is 9.80 Å². The minimum absolute atomic E-state index is 0.841. The highest BCUT2D eigenvalue weighted by Crippen LogP contribution is 2.40. The van der Waals surface area contributed by atoms with Crippen LogP contribution in [0.15, 0.2) is 207 Å². The van der Waals surface area contributed by atoms with Crippen LogP contribution in [0.1, 0.15) is 0 Å². The van der Waals surface area contributed by atoms with E-state index in [4.69, 9.17) is 9.97 Å². The molecular formula is C48H34N4. The van der Waals surface area contributed by atoms with E-state index in [2.05, 4.69) is 204 Å². The molecule has 1 aromatic heterocycles. The van der Waals surface area contributed by atoms with Gasteiger partial charge >= 0.3 is 0 Å². The second kappa shape index (κ2) is 13.7. The molecule has 4 heteroatoms. The molecule has 0 atom stereocenters. The monoisotopic (exact) mass is 666 g/mol. The van der Waals surface area contributed by atoms with Crippen LogP contribution < -0.4 is 9.80 Å². The first-order chi connectivity index (χ1) is 25.8. The third-order valence-electron chi connectivity index (χ3n) is 9.51. The topological polar surface area (TPSA) is 32.3 Å². The zero-order valence-corrected chi connectivity index (χ0v) is 28.4. The molecule has 0 spiro atoms. The lowest BCUT2D eigenvalue weighted by molar-refractivity contribution is 1.21. The zero-order chi connectivity index (χ0) is 34.7. The number of fused-ring (bicyclic) bond motifs is 2. The fourth-order valence-corrected chi connectivity index (χ4v) is 6.98. The second-order valence-corrected chi connectivity index (χ2v) is 12.8. The van der Waals surface area contributed by atoms with Crippen LogP contribution in [-0.4, -0.2) is 9.97 Å². The Hall–Kier alpha value is -7.04. The van der Waals surface area contributed by atoms with Gasteiger partial charge in [-0.15, -0.1) is 0 Å². The standard InChI is InChI=1S/C48H34N4/c1-3-15-41(16-4-1)51(45-29-19-35-11-7-9-13-39(35)33-45)43-25-21-37(22-26-43)47-48(50-32-31-49-47)38-23-27-44(28-24-38)52(42-17-5-2-6-18-42)46-30-20-36-12-8-10-14-40(36)34-46/h1-34H. The Morgan fingerprint density at radius 1 is 0.269 bits per heavy atom. The number of hydrogen-bond donors (Lipinski definition) is 0. The molecule has 1 heterocycles. The van der Waals surface area contributed by atoms with Crippen LogP contribution in [0.3, 0.4) is 0 Å². The number of para-hydroxylation sites is 2. The molecule has 0 radical (unpaired) electrons. The Labute approximate surface area is 303 Å². The number of hydrogen-bond acceptors (Lipinski definition) is 4. The van der Waals surface area contributed by atoms with Crippen molar-refractivity contribution in [3.8, 4) is 22.5 Å². The lowest BCUT2D eigenvalue weighted by Crippen LogP contribution is -2.10. The average molecular weight is 667 g/mol. The lowest BCUT2D eigenvalue weighted by atomic mass is 10.0. The third kappa shape index (κ3) is 6.03. The van der Waals surface area contributed by atoms with Gasteiger partial charge in [0.15, 0.2) is 0 Å². The normalized spacial score (nSPS) is 11.1. The van der Waals surface area contributed by atoms with E-state index in [9.17, 15) is 0 Å². The van der Waals surface area contributed by atoms with Crippen molar-refractivity contribution in [3.05, 3.63) is 207 Å². The summed E-state index contributed by atoms with van der Waals surface area (Å²) in [6.07, 6.45) is 3.53.